The lowest BCUT2D eigenvalue weighted by Gasteiger charge is -2.41. The Hall–Kier alpha value is -2.16. The van der Waals surface area contributed by atoms with Crippen LogP contribution in [0.5, 0.6) is 0 Å². The molecule has 0 fully saturated rings. The second-order valence-corrected chi connectivity index (χ2v) is 8.80. The number of aryl methyl sites for hydroxylation is 1. The smallest absolute Gasteiger partial charge is 0.207 e. The van der Waals surface area contributed by atoms with Gasteiger partial charge in [0, 0.05) is 16.7 Å². The van der Waals surface area contributed by atoms with E-state index in [1.807, 2.05) is 83.1 Å². The summed E-state index contributed by atoms with van der Waals surface area (Å²) in [4.78, 5) is 26.2. The zero-order valence-corrected chi connectivity index (χ0v) is 17.9. The lowest BCUT2D eigenvalue weighted by Crippen LogP contribution is -2.49. The van der Waals surface area contributed by atoms with Crippen LogP contribution in [0.2, 0.25) is 0 Å². The Morgan fingerprint density at radius 2 is 1.32 bits per heavy atom. The summed E-state index contributed by atoms with van der Waals surface area (Å²) in [5.41, 5.74) is 0.899. The van der Waals surface area contributed by atoms with Gasteiger partial charge in [-0.1, -0.05) is 101 Å². The highest BCUT2D eigenvalue weighted by atomic mass is 16.1. The molecule has 0 aliphatic heterocycles. The summed E-state index contributed by atoms with van der Waals surface area (Å²) in [6.45, 7) is 9.63. The predicted octanol–water partition coefficient (Wildman–Crippen LogP) is 5.31. The molecule has 0 spiro atoms. The van der Waals surface area contributed by atoms with Gasteiger partial charge in [-0.05, 0) is 24.7 Å². The molecule has 3 heteroatoms. The lowest BCUT2D eigenvalue weighted by molar-refractivity contribution is -0.143. The molecule has 0 aliphatic carbocycles. The lowest BCUT2D eigenvalue weighted by atomic mass is 9.51. The maximum atomic E-state index is 13.2. The minimum absolute atomic E-state index is 0.0324. The molecule has 0 aromatic heterocycles. The SMILES string of the molecule is CC(CCc1ccccc1)C(=O)C(C)(C)C(C)(C)C(=O)[B]Cc1ccccc1. The van der Waals surface area contributed by atoms with Crippen LogP contribution in [0.3, 0.4) is 0 Å². The summed E-state index contributed by atoms with van der Waals surface area (Å²) in [6, 6.07) is 20.2. The normalized spacial score (nSPS) is 13.0. The molecule has 28 heavy (non-hydrogen) atoms. The Kier molecular flexibility index (Phi) is 7.40. The van der Waals surface area contributed by atoms with E-state index in [-0.39, 0.29) is 17.4 Å². The fraction of sp³-hybridized carbons (Fsp3) is 0.440. The van der Waals surface area contributed by atoms with Crippen LogP contribution in [0, 0.1) is 16.7 Å². The highest BCUT2D eigenvalue weighted by Gasteiger charge is 2.47. The van der Waals surface area contributed by atoms with Crippen molar-refractivity contribution in [3.63, 3.8) is 0 Å². The molecule has 0 heterocycles. The largest absolute Gasteiger partial charge is 0.311 e. The fourth-order valence-corrected chi connectivity index (χ4v) is 3.47. The van der Waals surface area contributed by atoms with Crippen LogP contribution in [0.4, 0.5) is 0 Å². The molecule has 0 amide bonds. The first-order valence-corrected chi connectivity index (χ1v) is 10.2. The van der Waals surface area contributed by atoms with Crippen molar-refractivity contribution in [3.8, 4) is 0 Å². The van der Waals surface area contributed by atoms with E-state index in [0.717, 1.165) is 18.4 Å². The molecule has 2 aromatic rings. The number of ketones is 1. The first kappa shape index (κ1) is 22.1. The summed E-state index contributed by atoms with van der Waals surface area (Å²) in [6.07, 6.45) is 2.26. The molecule has 0 saturated carbocycles. The minimum Gasteiger partial charge on any atom is -0.311 e. The standard InChI is InChI=1S/C25H32BO2/c1-19(16-17-20-12-8-6-9-13-20)22(27)24(2,3)25(4,5)23(28)26-18-21-14-10-7-11-15-21/h6-15,19H,16-18H2,1-5H3. The third-order valence-electron chi connectivity index (χ3n) is 6.32. The van der Waals surface area contributed by atoms with Gasteiger partial charge in [-0.3, -0.25) is 4.79 Å². The Bertz CT molecular complexity index is 779. The maximum absolute atomic E-state index is 13.2. The zero-order valence-electron chi connectivity index (χ0n) is 17.9. The molecule has 0 bridgehead atoms. The van der Waals surface area contributed by atoms with Gasteiger partial charge in [0.25, 0.3) is 0 Å². The molecule has 0 saturated heterocycles. The van der Waals surface area contributed by atoms with Crippen LogP contribution in [0.15, 0.2) is 60.7 Å². The van der Waals surface area contributed by atoms with Gasteiger partial charge in [0.15, 0.2) is 0 Å². The number of hydrogen-bond acceptors (Lipinski definition) is 2. The van der Waals surface area contributed by atoms with Crippen molar-refractivity contribution < 1.29 is 9.59 Å². The summed E-state index contributed by atoms with van der Waals surface area (Å²) in [5, 5.41) is 0. The maximum Gasteiger partial charge on any atom is 0.207 e. The molecule has 147 valence electrons. The van der Waals surface area contributed by atoms with Crippen LogP contribution in [0.25, 0.3) is 0 Å². The molecule has 0 N–H and O–H groups in total. The van der Waals surface area contributed by atoms with Crippen molar-refractivity contribution in [1.29, 1.82) is 0 Å². The third-order valence-corrected chi connectivity index (χ3v) is 6.32. The van der Waals surface area contributed by atoms with Crippen molar-refractivity contribution in [3.05, 3.63) is 71.8 Å². The quantitative estimate of drug-likeness (QED) is 0.528. The van der Waals surface area contributed by atoms with Crippen LogP contribution in [0.1, 0.15) is 52.2 Å². The number of rotatable bonds is 10. The molecule has 2 aromatic carbocycles. The Morgan fingerprint density at radius 3 is 1.86 bits per heavy atom. The number of Topliss-reactive ketones (excluding diaryl/α,β-unsaturated/α-hetero) is 1. The molecular weight excluding hydrogens is 343 g/mol. The highest BCUT2D eigenvalue weighted by molar-refractivity contribution is 6.74. The molecule has 2 rings (SSSR count). The molecule has 2 nitrogen and oxygen atoms in total. The van der Waals surface area contributed by atoms with E-state index < -0.39 is 10.8 Å². The Labute approximate surface area is 171 Å². The van der Waals surface area contributed by atoms with Gasteiger partial charge < -0.3 is 4.79 Å². The summed E-state index contributed by atoms with van der Waals surface area (Å²) in [7, 11) is 1.74. The second-order valence-electron chi connectivity index (χ2n) is 8.80. The topological polar surface area (TPSA) is 34.1 Å². The summed E-state index contributed by atoms with van der Waals surface area (Å²) >= 11 is 0. The minimum atomic E-state index is -0.750. The Balaban J connectivity index is 2.00. The summed E-state index contributed by atoms with van der Waals surface area (Å²) < 4.78 is 0. The van der Waals surface area contributed by atoms with Gasteiger partial charge in [-0.2, -0.15) is 0 Å². The fourth-order valence-electron chi connectivity index (χ4n) is 3.47. The van der Waals surface area contributed by atoms with Gasteiger partial charge in [0.05, 0.1) is 5.68 Å². The van der Waals surface area contributed by atoms with Crippen LogP contribution in [-0.2, 0) is 22.3 Å². The van der Waals surface area contributed by atoms with Gasteiger partial charge in [0.1, 0.15) is 5.78 Å². The van der Waals surface area contributed by atoms with Crippen LogP contribution >= 0.6 is 0 Å². The van der Waals surface area contributed by atoms with Crippen molar-refractivity contribution >= 4 is 18.7 Å². The summed E-state index contributed by atoms with van der Waals surface area (Å²) in [5.74, 6) is 0.0753. The second kappa shape index (κ2) is 9.36. The highest BCUT2D eigenvalue weighted by Crippen LogP contribution is 2.42. The number of carbonyl (C=O) groups is 2. The van der Waals surface area contributed by atoms with Crippen LogP contribution in [-0.4, -0.2) is 18.7 Å². The Morgan fingerprint density at radius 1 is 0.821 bits per heavy atom. The first-order valence-electron chi connectivity index (χ1n) is 10.2. The molecule has 0 aliphatic rings. The number of hydrogen-bond donors (Lipinski definition) is 0. The van der Waals surface area contributed by atoms with E-state index in [1.54, 1.807) is 7.28 Å². The monoisotopic (exact) mass is 375 g/mol. The average Bonchev–Trinajstić information content (AvgIpc) is 2.70. The van der Waals surface area contributed by atoms with Crippen molar-refractivity contribution in [2.45, 2.75) is 53.8 Å². The molecular formula is C25H32BO2. The number of carbonyl (C=O) groups excluding carboxylic acids is 2. The van der Waals surface area contributed by atoms with Crippen molar-refractivity contribution in [2.75, 3.05) is 0 Å². The van der Waals surface area contributed by atoms with Gasteiger partial charge >= 0.3 is 0 Å². The van der Waals surface area contributed by atoms with E-state index >= 15 is 0 Å². The van der Waals surface area contributed by atoms with E-state index in [1.165, 1.54) is 5.56 Å². The van der Waals surface area contributed by atoms with E-state index in [0.29, 0.717) is 6.32 Å². The van der Waals surface area contributed by atoms with Gasteiger partial charge in [-0.15, -0.1) is 0 Å². The predicted molar refractivity (Wildman–Crippen MR) is 117 cm³/mol. The van der Waals surface area contributed by atoms with Crippen LogP contribution < -0.4 is 0 Å². The van der Waals surface area contributed by atoms with E-state index in [4.69, 9.17) is 0 Å². The molecule has 1 unspecified atom stereocenters. The van der Waals surface area contributed by atoms with Crippen molar-refractivity contribution in [2.24, 2.45) is 16.7 Å². The first-order chi connectivity index (χ1) is 13.2. The third kappa shape index (κ3) is 5.22. The van der Waals surface area contributed by atoms with Gasteiger partial charge in [0.2, 0.25) is 7.28 Å². The molecule has 1 radical (unpaired) electrons. The van der Waals surface area contributed by atoms with E-state index in [9.17, 15) is 9.59 Å². The number of benzene rings is 2. The zero-order chi connectivity index (χ0) is 20.8. The average molecular weight is 375 g/mol. The molecule has 1 atom stereocenters. The van der Waals surface area contributed by atoms with Crippen molar-refractivity contribution in [1.82, 2.24) is 0 Å². The van der Waals surface area contributed by atoms with Gasteiger partial charge in [-0.25, -0.2) is 0 Å². The van der Waals surface area contributed by atoms with E-state index in [2.05, 4.69) is 12.1 Å².